The van der Waals surface area contributed by atoms with E-state index in [1.165, 1.54) is 12.8 Å². The largest absolute Gasteiger partial charge is 0.378 e. The molecule has 0 aromatic rings. The van der Waals surface area contributed by atoms with Gasteiger partial charge in [0.15, 0.2) is 0 Å². The van der Waals surface area contributed by atoms with Crippen molar-refractivity contribution in [2.45, 2.75) is 63.6 Å². The maximum Gasteiger partial charge on any atom is 0.133 e. The molecular weight excluding hydrogens is 204 g/mol. The molecule has 0 aromatic carbocycles. The van der Waals surface area contributed by atoms with E-state index in [0.717, 1.165) is 51.7 Å². The predicted octanol–water partition coefficient (Wildman–Crippen LogP) is 2.47. The third kappa shape index (κ3) is 3.87. The molecule has 1 heterocycles. The smallest absolute Gasteiger partial charge is 0.133 e. The molecule has 0 radical (unpaired) electrons. The first-order valence-corrected chi connectivity index (χ1v) is 6.59. The van der Waals surface area contributed by atoms with E-state index >= 15 is 0 Å². The van der Waals surface area contributed by atoms with E-state index in [1.807, 2.05) is 0 Å². The lowest BCUT2D eigenvalue weighted by molar-refractivity contribution is -0.123. The fourth-order valence-electron chi connectivity index (χ4n) is 2.51. The summed E-state index contributed by atoms with van der Waals surface area (Å²) in [5, 5.41) is 0. The van der Waals surface area contributed by atoms with E-state index < -0.39 is 0 Å². The van der Waals surface area contributed by atoms with E-state index in [1.54, 1.807) is 0 Å². The number of ether oxygens (including phenoxy) is 2. The van der Waals surface area contributed by atoms with Crippen molar-refractivity contribution in [3.05, 3.63) is 0 Å². The van der Waals surface area contributed by atoms with Crippen LogP contribution in [0.3, 0.4) is 0 Å². The van der Waals surface area contributed by atoms with E-state index in [4.69, 9.17) is 9.47 Å². The van der Waals surface area contributed by atoms with Crippen LogP contribution >= 0.6 is 0 Å². The Bertz CT molecular complexity index is 211. The summed E-state index contributed by atoms with van der Waals surface area (Å²) in [6.45, 7) is 1.77. The molecule has 3 heteroatoms. The minimum atomic E-state index is 0.335. The number of ketones is 1. The van der Waals surface area contributed by atoms with Crippen LogP contribution in [0.2, 0.25) is 0 Å². The highest BCUT2D eigenvalue weighted by Crippen LogP contribution is 2.20. The lowest BCUT2D eigenvalue weighted by atomic mass is 9.96. The Labute approximate surface area is 97.5 Å². The van der Waals surface area contributed by atoms with Crippen molar-refractivity contribution in [1.82, 2.24) is 0 Å². The average molecular weight is 226 g/mol. The molecule has 1 aliphatic carbocycles. The molecule has 0 aromatic heterocycles. The Balaban J connectivity index is 1.49. The maximum atomic E-state index is 11.0. The van der Waals surface area contributed by atoms with Gasteiger partial charge in [0.2, 0.25) is 0 Å². The van der Waals surface area contributed by atoms with Gasteiger partial charge in [0, 0.05) is 26.1 Å². The van der Waals surface area contributed by atoms with Crippen molar-refractivity contribution in [2.75, 3.05) is 13.2 Å². The van der Waals surface area contributed by atoms with Crippen molar-refractivity contribution >= 4 is 5.78 Å². The van der Waals surface area contributed by atoms with Gasteiger partial charge in [-0.05, 0) is 38.5 Å². The third-order valence-electron chi connectivity index (χ3n) is 3.54. The molecule has 0 amide bonds. The SMILES string of the molecule is O=C1CCC(OCCCC2CCCO2)CC1. The number of hydrogen-bond acceptors (Lipinski definition) is 3. The first-order valence-electron chi connectivity index (χ1n) is 6.59. The lowest BCUT2D eigenvalue weighted by Crippen LogP contribution is -2.22. The molecule has 1 saturated carbocycles. The van der Waals surface area contributed by atoms with Crippen LogP contribution in [-0.4, -0.2) is 31.2 Å². The fourth-order valence-corrected chi connectivity index (χ4v) is 2.51. The van der Waals surface area contributed by atoms with Crippen LogP contribution in [-0.2, 0) is 14.3 Å². The molecule has 2 aliphatic rings. The van der Waals surface area contributed by atoms with E-state index in [0.29, 0.717) is 18.0 Å². The summed E-state index contributed by atoms with van der Waals surface area (Å²) in [6, 6.07) is 0. The van der Waals surface area contributed by atoms with Gasteiger partial charge in [0.05, 0.1) is 12.2 Å². The molecule has 1 aliphatic heterocycles. The molecule has 2 fully saturated rings. The summed E-state index contributed by atoms with van der Waals surface area (Å²) in [5.74, 6) is 0.402. The zero-order chi connectivity index (χ0) is 11.2. The van der Waals surface area contributed by atoms with Gasteiger partial charge >= 0.3 is 0 Å². The average Bonchev–Trinajstić information content (AvgIpc) is 2.80. The van der Waals surface area contributed by atoms with Gasteiger partial charge in [-0.15, -0.1) is 0 Å². The molecule has 1 unspecified atom stereocenters. The van der Waals surface area contributed by atoms with Crippen molar-refractivity contribution in [3.63, 3.8) is 0 Å². The summed E-state index contributed by atoms with van der Waals surface area (Å²) < 4.78 is 11.3. The summed E-state index contributed by atoms with van der Waals surface area (Å²) >= 11 is 0. The van der Waals surface area contributed by atoms with Gasteiger partial charge < -0.3 is 9.47 Å². The van der Waals surface area contributed by atoms with Crippen LogP contribution in [0.4, 0.5) is 0 Å². The van der Waals surface area contributed by atoms with Crippen molar-refractivity contribution < 1.29 is 14.3 Å². The van der Waals surface area contributed by atoms with Crippen LogP contribution in [0.15, 0.2) is 0 Å². The summed E-state index contributed by atoms with van der Waals surface area (Å²) in [6.07, 6.45) is 8.78. The molecule has 2 rings (SSSR count). The highest BCUT2D eigenvalue weighted by atomic mass is 16.5. The van der Waals surface area contributed by atoms with Gasteiger partial charge in [-0.1, -0.05) is 0 Å². The van der Waals surface area contributed by atoms with Crippen molar-refractivity contribution in [1.29, 1.82) is 0 Å². The van der Waals surface area contributed by atoms with Gasteiger partial charge in [-0.2, -0.15) is 0 Å². The molecule has 0 N–H and O–H groups in total. The number of carbonyl (C=O) groups is 1. The zero-order valence-electron chi connectivity index (χ0n) is 9.95. The first-order chi connectivity index (χ1) is 7.84. The normalized spacial score (nSPS) is 27.5. The monoisotopic (exact) mass is 226 g/mol. The molecular formula is C13H22O3. The molecule has 1 atom stereocenters. The van der Waals surface area contributed by atoms with Crippen molar-refractivity contribution in [3.8, 4) is 0 Å². The standard InChI is InChI=1S/C13H22O3/c14-11-5-7-13(8-6-11)16-10-2-4-12-3-1-9-15-12/h12-13H,1-10H2. The second kappa shape index (κ2) is 6.36. The summed E-state index contributed by atoms with van der Waals surface area (Å²) in [7, 11) is 0. The Morgan fingerprint density at radius 2 is 2.06 bits per heavy atom. The Morgan fingerprint density at radius 1 is 1.25 bits per heavy atom. The van der Waals surface area contributed by atoms with Crippen LogP contribution in [0.25, 0.3) is 0 Å². The minimum Gasteiger partial charge on any atom is -0.378 e. The summed E-state index contributed by atoms with van der Waals surface area (Å²) in [5.41, 5.74) is 0. The minimum absolute atomic E-state index is 0.335. The highest BCUT2D eigenvalue weighted by Gasteiger charge is 2.19. The fraction of sp³-hybridized carbons (Fsp3) is 0.923. The van der Waals surface area contributed by atoms with Crippen LogP contribution in [0, 0.1) is 0 Å². The first kappa shape index (κ1) is 12.1. The second-order valence-electron chi connectivity index (χ2n) is 4.89. The quantitative estimate of drug-likeness (QED) is 0.676. The third-order valence-corrected chi connectivity index (χ3v) is 3.54. The maximum absolute atomic E-state index is 11.0. The van der Waals surface area contributed by atoms with Crippen LogP contribution in [0.5, 0.6) is 0 Å². The van der Waals surface area contributed by atoms with Gasteiger partial charge in [-0.3, -0.25) is 4.79 Å². The Hall–Kier alpha value is -0.410. The molecule has 1 saturated heterocycles. The number of Topliss-reactive ketones (excluding diaryl/α,β-unsaturated/α-hetero) is 1. The molecule has 16 heavy (non-hydrogen) atoms. The van der Waals surface area contributed by atoms with E-state index in [-0.39, 0.29) is 0 Å². The van der Waals surface area contributed by atoms with Gasteiger partial charge in [0.25, 0.3) is 0 Å². The number of carbonyl (C=O) groups excluding carboxylic acids is 1. The molecule has 92 valence electrons. The van der Waals surface area contributed by atoms with E-state index in [9.17, 15) is 4.79 Å². The Kier molecular flexibility index (Phi) is 4.79. The molecule has 0 spiro atoms. The van der Waals surface area contributed by atoms with Crippen molar-refractivity contribution in [2.24, 2.45) is 0 Å². The second-order valence-corrected chi connectivity index (χ2v) is 4.89. The molecule has 0 bridgehead atoms. The predicted molar refractivity (Wildman–Crippen MR) is 61.4 cm³/mol. The number of hydrogen-bond donors (Lipinski definition) is 0. The lowest BCUT2D eigenvalue weighted by Gasteiger charge is -2.21. The molecule has 3 nitrogen and oxygen atoms in total. The highest BCUT2D eigenvalue weighted by molar-refractivity contribution is 5.79. The van der Waals surface area contributed by atoms with Gasteiger partial charge in [-0.25, -0.2) is 0 Å². The van der Waals surface area contributed by atoms with Crippen LogP contribution in [0.1, 0.15) is 51.4 Å². The van der Waals surface area contributed by atoms with Gasteiger partial charge in [0.1, 0.15) is 5.78 Å². The van der Waals surface area contributed by atoms with E-state index in [2.05, 4.69) is 0 Å². The Morgan fingerprint density at radius 3 is 2.75 bits per heavy atom. The number of rotatable bonds is 5. The zero-order valence-corrected chi connectivity index (χ0v) is 9.95. The van der Waals surface area contributed by atoms with Crippen LogP contribution < -0.4 is 0 Å². The topological polar surface area (TPSA) is 35.5 Å². The summed E-state index contributed by atoms with van der Waals surface area (Å²) in [4.78, 5) is 11.0.